The summed E-state index contributed by atoms with van der Waals surface area (Å²) in [6, 6.07) is 10.4. The summed E-state index contributed by atoms with van der Waals surface area (Å²) in [5.41, 5.74) is 11.6. The highest BCUT2D eigenvalue weighted by atomic mass is 35.5. The highest BCUT2D eigenvalue weighted by molar-refractivity contribution is 7.09. The molecule has 0 radical (unpaired) electrons. The van der Waals surface area contributed by atoms with Crippen molar-refractivity contribution in [3.8, 4) is 0 Å². The van der Waals surface area contributed by atoms with Gasteiger partial charge in [0.15, 0.2) is 5.69 Å². The molecule has 1 aromatic heterocycles. The standard InChI is InChI=1S/C24H25ClFN5O3S/c1-13(2)11-12-29-23(33)20(14-3-7-16(26)8-4-14)31(17-9-5-15(25)6-10-17)24(34)21-18(27)19(22(28)32)30-35-21/h3-10,13,20H,11-12,27H2,1-2H3,(H2,28,32)(H,29,33). The summed E-state index contributed by atoms with van der Waals surface area (Å²) in [5.74, 6) is -2.17. The fourth-order valence-corrected chi connectivity index (χ4v) is 4.24. The second kappa shape index (κ2) is 11.3. The van der Waals surface area contributed by atoms with Gasteiger partial charge in [-0.1, -0.05) is 37.6 Å². The topological polar surface area (TPSA) is 131 Å². The van der Waals surface area contributed by atoms with Crippen molar-refractivity contribution in [2.24, 2.45) is 11.7 Å². The third-order valence-electron chi connectivity index (χ3n) is 5.19. The Morgan fingerprint density at radius 1 is 1.11 bits per heavy atom. The van der Waals surface area contributed by atoms with E-state index in [1.807, 2.05) is 13.8 Å². The number of rotatable bonds is 9. The maximum Gasteiger partial charge on any atom is 0.273 e. The zero-order chi connectivity index (χ0) is 25.7. The minimum Gasteiger partial charge on any atom is -0.395 e. The van der Waals surface area contributed by atoms with E-state index in [4.69, 9.17) is 23.1 Å². The van der Waals surface area contributed by atoms with Crippen LogP contribution in [0, 0.1) is 11.7 Å². The zero-order valence-corrected chi connectivity index (χ0v) is 20.7. The number of hydrogen-bond donors (Lipinski definition) is 3. The van der Waals surface area contributed by atoms with Crippen molar-refractivity contribution in [3.63, 3.8) is 0 Å². The minimum atomic E-state index is -1.19. The summed E-state index contributed by atoms with van der Waals surface area (Å²) < 4.78 is 17.6. The Bertz CT molecular complexity index is 1210. The largest absolute Gasteiger partial charge is 0.395 e. The van der Waals surface area contributed by atoms with Gasteiger partial charge in [0, 0.05) is 17.3 Å². The molecule has 3 aromatic rings. The van der Waals surface area contributed by atoms with Crippen LogP contribution in [0.25, 0.3) is 0 Å². The van der Waals surface area contributed by atoms with Crippen LogP contribution in [0.5, 0.6) is 0 Å². The Morgan fingerprint density at radius 3 is 2.29 bits per heavy atom. The summed E-state index contributed by atoms with van der Waals surface area (Å²) in [6.45, 7) is 4.43. The molecular formula is C24H25ClFN5O3S. The molecule has 35 heavy (non-hydrogen) atoms. The fraction of sp³-hybridized carbons (Fsp3) is 0.250. The highest BCUT2D eigenvalue weighted by Gasteiger charge is 2.36. The maximum atomic E-state index is 13.8. The van der Waals surface area contributed by atoms with Gasteiger partial charge < -0.3 is 16.8 Å². The van der Waals surface area contributed by atoms with Gasteiger partial charge in [0.05, 0.1) is 5.69 Å². The number of primary amides is 1. The van der Waals surface area contributed by atoms with E-state index in [2.05, 4.69) is 9.69 Å². The Morgan fingerprint density at radius 2 is 1.74 bits per heavy atom. The number of nitrogen functional groups attached to an aromatic ring is 1. The van der Waals surface area contributed by atoms with Gasteiger partial charge in [-0.3, -0.25) is 19.3 Å². The van der Waals surface area contributed by atoms with Gasteiger partial charge in [-0.2, -0.15) is 4.37 Å². The third kappa shape index (κ3) is 6.14. The van der Waals surface area contributed by atoms with Crippen LogP contribution >= 0.6 is 23.1 Å². The van der Waals surface area contributed by atoms with Crippen molar-refractivity contribution in [3.05, 3.63) is 75.5 Å². The van der Waals surface area contributed by atoms with E-state index in [1.54, 1.807) is 24.3 Å². The van der Waals surface area contributed by atoms with Gasteiger partial charge in [0.1, 0.15) is 16.7 Å². The van der Waals surface area contributed by atoms with Crippen molar-refractivity contribution in [2.75, 3.05) is 17.2 Å². The highest BCUT2D eigenvalue weighted by Crippen LogP contribution is 2.33. The van der Waals surface area contributed by atoms with E-state index in [9.17, 15) is 18.8 Å². The van der Waals surface area contributed by atoms with Crippen LogP contribution in [-0.4, -0.2) is 28.6 Å². The monoisotopic (exact) mass is 517 g/mol. The quantitative estimate of drug-likeness (QED) is 0.392. The third-order valence-corrected chi connectivity index (χ3v) is 6.30. The van der Waals surface area contributed by atoms with Crippen LogP contribution in [0.3, 0.4) is 0 Å². The van der Waals surface area contributed by atoms with Crippen LogP contribution in [0.1, 0.15) is 52.0 Å². The summed E-state index contributed by atoms with van der Waals surface area (Å²) in [5, 5.41) is 3.29. The molecule has 3 amide bonds. The number of halogens is 2. The number of amides is 3. The number of nitrogens with two attached hydrogens (primary N) is 2. The second-order valence-corrected chi connectivity index (χ2v) is 9.43. The molecule has 5 N–H and O–H groups in total. The molecule has 0 aliphatic heterocycles. The van der Waals surface area contributed by atoms with E-state index >= 15 is 0 Å². The molecule has 2 aromatic carbocycles. The van der Waals surface area contributed by atoms with E-state index in [1.165, 1.54) is 29.2 Å². The number of aromatic nitrogens is 1. The van der Waals surface area contributed by atoms with Crippen LogP contribution in [-0.2, 0) is 4.79 Å². The summed E-state index contributed by atoms with van der Waals surface area (Å²) in [4.78, 5) is 40.1. The lowest BCUT2D eigenvalue weighted by molar-refractivity contribution is -0.122. The van der Waals surface area contributed by atoms with E-state index < -0.39 is 29.6 Å². The summed E-state index contributed by atoms with van der Waals surface area (Å²) >= 11 is 6.75. The first kappa shape index (κ1) is 26.1. The Labute approximate surface area is 211 Å². The average molecular weight is 518 g/mol. The molecule has 1 heterocycles. The molecule has 0 spiro atoms. The first-order valence-electron chi connectivity index (χ1n) is 10.8. The van der Waals surface area contributed by atoms with Crippen LogP contribution in [0.4, 0.5) is 15.8 Å². The first-order valence-corrected chi connectivity index (χ1v) is 11.9. The smallest absolute Gasteiger partial charge is 0.273 e. The maximum absolute atomic E-state index is 13.8. The number of carbonyl (C=O) groups is 3. The van der Waals surface area contributed by atoms with Crippen molar-refractivity contribution >= 4 is 52.2 Å². The van der Waals surface area contributed by atoms with Crippen molar-refractivity contribution < 1.29 is 18.8 Å². The predicted molar refractivity (Wildman–Crippen MR) is 135 cm³/mol. The molecule has 8 nitrogen and oxygen atoms in total. The molecule has 0 aliphatic carbocycles. The molecule has 184 valence electrons. The lowest BCUT2D eigenvalue weighted by Crippen LogP contribution is -2.44. The van der Waals surface area contributed by atoms with Crippen molar-refractivity contribution in [1.82, 2.24) is 9.69 Å². The van der Waals surface area contributed by atoms with Gasteiger partial charge in [-0.25, -0.2) is 4.39 Å². The molecule has 0 bridgehead atoms. The number of nitrogens with zero attached hydrogens (tertiary/aromatic N) is 2. The molecule has 0 aliphatic rings. The molecule has 1 unspecified atom stereocenters. The number of nitrogens with one attached hydrogen (secondary N) is 1. The average Bonchev–Trinajstić information content (AvgIpc) is 3.20. The van der Waals surface area contributed by atoms with Gasteiger partial charge in [0.25, 0.3) is 11.8 Å². The predicted octanol–water partition coefficient (Wildman–Crippen LogP) is 4.17. The number of hydrogen-bond acceptors (Lipinski definition) is 6. The van der Waals surface area contributed by atoms with Gasteiger partial charge in [0.2, 0.25) is 5.91 Å². The Hall–Kier alpha value is -3.50. The summed E-state index contributed by atoms with van der Waals surface area (Å²) in [7, 11) is 0. The molecule has 0 saturated heterocycles. The zero-order valence-electron chi connectivity index (χ0n) is 19.1. The van der Waals surface area contributed by atoms with Crippen molar-refractivity contribution in [1.29, 1.82) is 0 Å². The van der Waals surface area contributed by atoms with Crippen LogP contribution in [0.2, 0.25) is 5.02 Å². The lowest BCUT2D eigenvalue weighted by atomic mass is 10.0. The van der Waals surface area contributed by atoms with Crippen LogP contribution < -0.4 is 21.7 Å². The SMILES string of the molecule is CC(C)CCNC(=O)C(c1ccc(F)cc1)N(C(=O)c1snc(C(N)=O)c1N)c1ccc(Cl)cc1. The second-order valence-electron chi connectivity index (χ2n) is 8.22. The van der Waals surface area contributed by atoms with Gasteiger partial charge >= 0.3 is 0 Å². The van der Waals surface area contributed by atoms with E-state index in [-0.39, 0.29) is 16.3 Å². The van der Waals surface area contributed by atoms with E-state index in [0.29, 0.717) is 40.3 Å². The van der Waals surface area contributed by atoms with Gasteiger partial charge in [-0.15, -0.1) is 0 Å². The molecule has 1 atom stereocenters. The molecule has 0 fully saturated rings. The number of carbonyl (C=O) groups excluding carboxylic acids is 3. The summed E-state index contributed by atoms with van der Waals surface area (Å²) in [6.07, 6.45) is 0.723. The molecule has 0 saturated carbocycles. The van der Waals surface area contributed by atoms with Crippen LogP contribution in [0.15, 0.2) is 48.5 Å². The van der Waals surface area contributed by atoms with Gasteiger partial charge in [-0.05, 0) is 65.8 Å². The molecule has 11 heteroatoms. The first-order chi connectivity index (χ1) is 16.6. The number of benzene rings is 2. The molecular weight excluding hydrogens is 493 g/mol. The normalized spacial score (nSPS) is 11.8. The Kier molecular flexibility index (Phi) is 8.42. The molecule has 3 rings (SSSR count). The Balaban J connectivity index is 2.14. The fourth-order valence-electron chi connectivity index (χ4n) is 3.37. The number of anilines is 2. The van der Waals surface area contributed by atoms with Crippen molar-refractivity contribution in [2.45, 2.75) is 26.3 Å². The minimum absolute atomic E-state index is 0.0594. The lowest BCUT2D eigenvalue weighted by Gasteiger charge is -2.31. The van der Waals surface area contributed by atoms with E-state index in [0.717, 1.165) is 6.42 Å².